The zero-order valence-electron chi connectivity index (χ0n) is 35.3. The molecular weight excluding hydrogens is 787 g/mol. The molecule has 61 heavy (non-hydrogen) atoms. The molecule has 4 aliphatic rings. The van der Waals surface area contributed by atoms with Crippen molar-refractivity contribution in [1.29, 1.82) is 0 Å². The Hall–Kier alpha value is -5.80. The molecule has 2 saturated heterocycles. The van der Waals surface area contributed by atoms with Crippen LogP contribution in [0.5, 0.6) is 0 Å². The molecule has 4 amide bonds. The SMILES string of the molecule is COC(=O)N[C@H](C(=O)N1C[C@H](F)C[C@H]1c1ncc(-c2ccc(-c3ccc(-c4cnc([C@@H]5C[C@@H](F)CN5C(=O)[C@@H](NC(=O)OC)C(C)C)[nH]4)c4c3C3CCC4C3)cc2)[nH]1)C(C)C. The van der Waals surface area contributed by atoms with Gasteiger partial charge in [0.1, 0.15) is 36.1 Å². The van der Waals surface area contributed by atoms with Gasteiger partial charge in [-0.3, -0.25) is 9.59 Å². The number of aromatic amines is 2. The van der Waals surface area contributed by atoms with E-state index < -0.39 is 48.7 Å². The first kappa shape index (κ1) is 41.9. The Bertz CT molecular complexity index is 2290. The maximum absolute atomic E-state index is 15.0. The summed E-state index contributed by atoms with van der Waals surface area (Å²) >= 11 is 0. The third-order valence-electron chi connectivity index (χ3n) is 13.0. The van der Waals surface area contributed by atoms with E-state index in [2.05, 4.69) is 49.9 Å². The summed E-state index contributed by atoms with van der Waals surface area (Å²) in [7, 11) is 2.47. The lowest BCUT2D eigenvalue weighted by Gasteiger charge is -2.29. The van der Waals surface area contributed by atoms with Crippen LogP contribution in [0.1, 0.15) is 106 Å². The van der Waals surface area contributed by atoms with Crippen LogP contribution < -0.4 is 10.6 Å². The molecule has 0 spiro atoms. The van der Waals surface area contributed by atoms with Crippen LogP contribution >= 0.6 is 0 Å². The number of likely N-dealkylation sites (tertiary alicyclic amines) is 2. The van der Waals surface area contributed by atoms with Crippen molar-refractivity contribution in [1.82, 2.24) is 40.4 Å². The summed E-state index contributed by atoms with van der Waals surface area (Å²) in [5, 5.41) is 5.22. The molecule has 8 rings (SSSR count). The Morgan fingerprint density at radius 3 is 1.59 bits per heavy atom. The summed E-state index contributed by atoms with van der Waals surface area (Å²) in [6.45, 7) is 7.08. The van der Waals surface area contributed by atoms with E-state index in [1.165, 1.54) is 40.7 Å². The number of halogens is 2. The predicted molar refractivity (Wildman–Crippen MR) is 223 cm³/mol. The number of nitrogens with one attached hydrogen (secondary N) is 4. The first-order valence-corrected chi connectivity index (χ1v) is 21.2. The molecule has 2 aromatic heterocycles. The van der Waals surface area contributed by atoms with Gasteiger partial charge >= 0.3 is 12.2 Å². The van der Waals surface area contributed by atoms with E-state index in [9.17, 15) is 23.6 Å². The number of rotatable bonds is 11. The fourth-order valence-corrected chi connectivity index (χ4v) is 9.96. The normalized spacial score (nSPS) is 24.0. The van der Waals surface area contributed by atoms with Crippen LogP contribution in [0, 0.1) is 11.8 Å². The van der Waals surface area contributed by atoms with Gasteiger partial charge in [0.05, 0.1) is 63.2 Å². The highest BCUT2D eigenvalue weighted by atomic mass is 19.1. The molecular formula is C45H54F2N8O6. The van der Waals surface area contributed by atoms with Gasteiger partial charge < -0.3 is 39.9 Å². The number of methoxy groups -OCH3 is 2. The Kier molecular flexibility index (Phi) is 11.6. The third-order valence-corrected chi connectivity index (χ3v) is 13.0. The second-order valence-electron chi connectivity index (χ2n) is 17.5. The van der Waals surface area contributed by atoms with Crippen LogP contribution in [0.3, 0.4) is 0 Å². The molecule has 2 aromatic carbocycles. The fraction of sp³-hybridized carbons (Fsp3) is 0.511. The summed E-state index contributed by atoms with van der Waals surface area (Å²) in [5.41, 5.74) is 8.39. The fourth-order valence-electron chi connectivity index (χ4n) is 9.96. The van der Waals surface area contributed by atoms with E-state index in [1.54, 1.807) is 12.4 Å². The van der Waals surface area contributed by atoms with Gasteiger partial charge in [-0.1, -0.05) is 64.1 Å². The molecule has 4 aromatic rings. The molecule has 0 radical (unpaired) electrons. The average Bonchev–Trinajstić information content (AvgIpc) is 4.12. The Labute approximate surface area is 353 Å². The first-order chi connectivity index (χ1) is 29.3. The highest BCUT2D eigenvalue weighted by Gasteiger charge is 2.44. The molecule has 2 aliphatic carbocycles. The quantitative estimate of drug-likeness (QED) is 0.120. The van der Waals surface area contributed by atoms with Crippen LogP contribution in [0.25, 0.3) is 33.6 Å². The molecule has 3 fully saturated rings. The van der Waals surface area contributed by atoms with Crippen molar-refractivity contribution in [2.24, 2.45) is 11.8 Å². The smallest absolute Gasteiger partial charge is 0.407 e. The molecule has 2 bridgehead atoms. The molecule has 1 saturated carbocycles. The van der Waals surface area contributed by atoms with Gasteiger partial charge in [-0.15, -0.1) is 0 Å². The summed E-state index contributed by atoms with van der Waals surface area (Å²) in [6, 6.07) is 9.56. The van der Waals surface area contributed by atoms with Crippen LogP contribution in [0.4, 0.5) is 18.4 Å². The maximum atomic E-state index is 15.0. The van der Waals surface area contributed by atoms with E-state index in [4.69, 9.17) is 14.5 Å². The number of alkyl halides is 2. The Morgan fingerprint density at radius 1 is 0.656 bits per heavy atom. The van der Waals surface area contributed by atoms with Crippen LogP contribution in [-0.2, 0) is 19.1 Å². The number of nitrogens with zero attached hydrogens (tertiary/aromatic N) is 4. The van der Waals surface area contributed by atoms with Crippen molar-refractivity contribution in [2.45, 2.75) is 108 Å². The van der Waals surface area contributed by atoms with Gasteiger partial charge in [0.25, 0.3) is 0 Å². The number of aromatic nitrogens is 4. The lowest BCUT2D eigenvalue weighted by Crippen LogP contribution is -2.51. The number of hydrogen-bond donors (Lipinski definition) is 4. The van der Waals surface area contributed by atoms with Crippen LogP contribution in [0.2, 0.25) is 0 Å². The van der Waals surface area contributed by atoms with Crippen molar-refractivity contribution in [3.05, 3.63) is 71.6 Å². The second kappa shape index (κ2) is 16.9. The highest BCUT2D eigenvalue weighted by molar-refractivity contribution is 5.87. The van der Waals surface area contributed by atoms with Crippen LogP contribution in [-0.4, -0.2) is 105 Å². The first-order valence-electron chi connectivity index (χ1n) is 21.2. The van der Waals surface area contributed by atoms with E-state index in [0.717, 1.165) is 47.3 Å². The summed E-state index contributed by atoms with van der Waals surface area (Å²) in [5.74, 6) is 0.557. The second-order valence-corrected chi connectivity index (χ2v) is 17.5. The van der Waals surface area contributed by atoms with Crippen molar-refractivity contribution < 1.29 is 37.4 Å². The lowest BCUT2D eigenvalue weighted by atomic mass is 9.82. The number of alkyl carbamates (subject to hydrolysis) is 2. The Morgan fingerprint density at radius 2 is 1.10 bits per heavy atom. The van der Waals surface area contributed by atoms with Gasteiger partial charge in [-0.25, -0.2) is 28.3 Å². The minimum Gasteiger partial charge on any atom is -0.453 e. The van der Waals surface area contributed by atoms with Crippen molar-refractivity contribution in [3.8, 4) is 33.6 Å². The number of imidazole rings is 2. The number of fused-ring (bicyclic) bond motifs is 5. The van der Waals surface area contributed by atoms with E-state index in [-0.39, 0.29) is 49.6 Å². The van der Waals surface area contributed by atoms with Crippen molar-refractivity contribution >= 4 is 24.0 Å². The minimum absolute atomic E-state index is 0.0873. The number of ether oxygens (including phenoxy) is 2. The van der Waals surface area contributed by atoms with Gasteiger partial charge in [0.2, 0.25) is 11.8 Å². The number of hydrogen-bond acceptors (Lipinski definition) is 8. The van der Waals surface area contributed by atoms with E-state index >= 15 is 4.39 Å². The van der Waals surface area contributed by atoms with E-state index in [1.807, 2.05) is 39.8 Å². The van der Waals surface area contributed by atoms with Crippen molar-refractivity contribution in [3.63, 3.8) is 0 Å². The molecule has 8 atom stereocenters. The van der Waals surface area contributed by atoms with Gasteiger partial charge in [0.15, 0.2) is 0 Å². The predicted octanol–water partition coefficient (Wildman–Crippen LogP) is 7.48. The van der Waals surface area contributed by atoms with Gasteiger partial charge in [0, 0.05) is 18.4 Å². The standard InChI is InChI=1S/C45H54F2N8O6/c1-22(2)38(52-44(58)60-5)42(56)54-20-28(46)16-34(54)40-48-18-32(50-40)25-9-7-24(8-10-25)30-13-14-31(37-27-12-11-26(15-27)36(30)37)33-19-49-41(51-33)35-17-29(47)21-55(35)43(57)39(23(3)4)53-45(59)61-6/h7-10,13-14,18-19,22-23,26-29,34-35,38-39H,11-12,15-17,20-21H2,1-6H3,(H,48,50)(H,49,51)(H,52,58)(H,53,59)/t26?,27?,28-,29-,34+,35+,38+,39+/m1/s1. The molecule has 2 aliphatic heterocycles. The summed E-state index contributed by atoms with van der Waals surface area (Å²) in [4.78, 5) is 70.5. The van der Waals surface area contributed by atoms with Crippen LogP contribution in [0.15, 0.2) is 48.8 Å². The molecule has 16 heteroatoms. The number of benzene rings is 2. The largest absolute Gasteiger partial charge is 0.453 e. The topological polar surface area (TPSA) is 175 Å². The third kappa shape index (κ3) is 7.96. The average molecular weight is 841 g/mol. The summed E-state index contributed by atoms with van der Waals surface area (Å²) < 4.78 is 39.4. The Balaban J connectivity index is 1.03. The van der Waals surface area contributed by atoms with E-state index in [0.29, 0.717) is 23.5 Å². The molecule has 4 heterocycles. The zero-order valence-corrected chi connectivity index (χ0v) is 35.3. The lowest BCUT2D eigenvalue weighted by molar-refractivity contribution is -0.136. The molecule has 4 N–H and O–H groups in total. The van der Waals surface area contributed by atoms with Gasteiger partial charge in [-0.05, 0) is 70.8 Å². The molecule has 14 nitrogen and oxygen atoms in total. The maximum Gasteiger partial charge on any atom is 0.407 e. The van der Waals surface area contributed by atoms with Gasteiger partial charge in [-0.2, -0.15) is 0 Å². The highest BCUT2D eigenvalue weighted by Crippen LogP contribution is 2.58. The van der Waals surface area contributed by atoms with Crippen molar-refractivity contribution in [2.75, 3.05) is 27.3 Å². The molecule has 2 unspecified atom stereocenters. The number of H-pyrrole nitrogens is 2. The minimum atomic E-state index is -1.23. The molecule has 324 valence electrons. The zero-order chi connectivity index (χ0) is 43.3. The number of carbonyl (C=O) groups is 4. The summed E-state index contributed by atoms with van der Waals surface area (Å²) in [6.07, 6.45) is 3.06. The number of amides is 4. The monoisotopic (exact) mass is 840 g/mol. The number of carbonyl (C=O) groups excluding carboxylic acids is 4.